The summed E-state index contributed by atoms with van der Waals surface area (Å²) in [7, 11) is -1.25. The summed E-state index contributed by atoms with van der Waals surface area (Å²) in [6.45, 7) is 3.62. The zero-order valence-electron chi connectivity index (χ0n) is 17.7. The Morgan fingerprint density at radius 1 is 0.656 bits per heavy atom. The second-order valence-electron chi connectivity index (χ2n) is 9.12. The van der Waals surface area contributed by atoms with Crippen LogP contribution < -0.4 is 4.67 Å². The van der Waals surface area contributed by atoms with Crippen molar-refractivity contribution in [2.24, 2.45) is 11.8 Å². The van der Waals surface area contributed by atoms with Crippen molar-refractivity contribution in [1.82, 2.24) is 0 Å². The van der Waals surface area contributed by atoms with Gasteiger partial charge in [-0.05, 0) is 51.9 Å². The SMILES string of the molecule is c1ccc2c(c1)ccc1op(N3C[C@@H]4COC[C@@H](C4)C3)oc3ccc4ccccc4c3c12. The van der Waals surface area contributed by atoms with Gasteiger partial charge in [0, 0.05) is 23.9 Å². The van der Waals surface area contributed by atoms with E-state index in [1.54, 1.807) is 0 Å². The number of fused-ring (bicyclic) bond motifs is 9. The minimum Gasteiger partial charge on any atom is -0.408 e. The van der Waals surface area contributed by atoms with Crippen molar-refractivity contribution in [3.63, 3.8) is 0 Å². The molecule has 4 nitrogen and oxygen atoms in total. The molecule has 0 N–H and O–H groups in total. The number of nitrogens with zero attached hydrogens (tertiary/aromatic N) is 1. The van der Waals surface area contributed by atoms with Crippen molar-refractivity contribution < 1.29 is 13.1 Å². The van der Waals surface area contributed by atoms with Crippen LogP contribution in [-0.4, -0.2) is 26.3 Å². The van der Waals surface area contributed by atoms with Gasteiger partial charge in [0.1, 0.15) is 11.2 Å². The monoisotopic (exact) mass is 441 g/mol. The first-order valence-electron chi connectivity index (χ1n) is 11.4. The van der Waals surface area contributed by atoms with E-state index in [9.17, 15) is 0 Å². The Labute approximate surface area is 187 Å². The van der Waals surface area contributed by atoms with E-state index in [2.05, 4.69) is 77.5 Å². The number of ether oxygens (including phenoxy) is 1. The molecule has 2 aliphatic rings. The van der Waals surface area contributed by atoms with E-state index in [0.717, 1.165) is 48.2 Å². The Kier molecular flexibility index (Phi) is 4.33. The van der Waals surface area contributed by atoms with Crippen LogP contribution in [0.25, 0.3) is 43.5 Å². The minimum absolute atomic E-state index is 0.563. The molecule has 0 saturated carbocycles. The molecule has 0 radical (unpaired) electrons. The summed E-state index contributed by atoms with van der Waals surface area (Å²) in [5.41, 5.74) is 1.83. The third kappa shape index (κ3) is 2.98. The van der Waals surface area contributed by atoms with Crippen LogP contribution in [-0.2, 0) is 4.74 Å². The Balaban J connectivity index is 1.60. The second kappa shape index (κ2) is 7.38. The molecule has 2 fully saturated rings. The predicted octanol–water partition coefficient (Wildman–Crippen LogP) is 7.20. The summed E-state index contributed by atoms with van der Waals surface area (Å²) in [6, 6.07) is 25.7. The first kappa shape index (κ1) is 18.8. The van der Waals surface area contributed by atoms with Crippen LogP contribution in [0.5, 0.6) is 0 Å². The number of rotatable bonds is 1. The molecule has 0 spiro atoms. The molecule has 2 bridgehead atoms. The van der Waals surface area contributed by atoms with Crippen LogP contribution >= 0.6 is 8.16 Å². The molecule has 0 amide bonds. The molecule has 4 aromatic carbocycles. The number of hydrogen-bond acceptors (Lipinski definition) is 4. The molecule has 0 aliphatic carbocycles. The van der Waals surface area contributed by atoms with Gasteiger partial charge in [-0.2, -0.15) is 0 Å². The van der Waals surface area contributed by atoms with Crippen molar-refractivity contribution in [3.05, 3.63) is 72.8 Å². The molecule has 7 rings (SSSR count). The Hall–Kier alpha value is -2.78. The van der Waals surface area contributed by atoms with Gasteiger partial charge < -0.3 is 13.1 Å². The second-order valence-corrected chi connectivity index (χ2v) is 10.5. The lowest BCUT2D eigenvalue weighted by atomic mass is 9.89. The Morgan fingerprint density at radius 2 is 1.19 bits per heavy atom. The summed E-state index contributed by atoms with van der Waals surface area (Å²) < 4.78 is 21.7. The van der Waals surface area contributed by atoms with Gasteiger partial charge >= 0.3 is 8.16 Å². The molecule has 2 aliphatic heterocycles. The van der Waals surface area contributed by atoms with Crippen molar-refractivity contribution in [3.8, 4) is 0 Å². The van der Waals surface area contributed by atoms with Gasteiger partial charge in [-0.15, -0.1) is 0 Å². The van der Waals surface area contributed by atoms with Gasteiger partial charge in [0.05, 0.1) is 13.2 Å². The standard InChI is InChI=1S/C27H24NO3P/c1-3-7-22-20(5-1)9-11-24-26(22)27-23-8-4-2-6-21(23)10-12-25(27)31-32(30-24)28-14-18-13-19(15-28)17-29-16-18/h1-12,18-19H,13-17H2/t18-,19+. The van der Waals surface area contributed by atoms with Gasteiger partial charge in [0.2, 0.25) is 0 Å². The number of hydrogen-bond donors (Lipinski definition) is 0. The lowest BCUT2D eigenvalue weighted by Crippen LogP contribution is -2.45. The first-order valence-corrected chi connectivity index (χ1v) is 12.5. The zero-order chi connectivity index (χ0) is 21.1. The predicted molar refractivity (Wildman–Crippen MR) is 132 cm³/mol. The highest BCUT2D eigenvalue weighted by molar-refractivity contribution is 7.39. The van der Waals surface area contributed by atoms with Gasteiger partial charge in [-0.1, -0.05) is 60.7 Å². The van der Waals surface area contributed by atoms with Crippen LogP contribution in [0, 0.1) is 11.8 Å². The highest BCUT2D eigenvalue weighted by Gasteiger charge is 2.34. The number of piperidine rings is 1. The van der Waals surface area contributed by atoms with Gasteiger partial charge in [0.15, 0.2) is 0 Å². The summed E-state index contributed by atoms with van der Waals surface area (Å²) in [4.78, 5) is 0. The largest absolute Gasteiger partial charge is 0.408 e. The van der Waals surface area contributed by atoms with Gasteiger partial charge in [-0.25, -0.2) is 4.67 Å². The van der Waals surface area contributed by atoms with Crippen molar-refractivity contribution in [2.45, 2.75) is 6.42 Å². The van der Waals surface area contributed by atoms with Crippen LogP contribution in [0.1, 0.15) is 6.42 Å². The summed E-state index contributed by atoms with van der Waals surface area (Å²) in [6.07, 6.45) is 1.25. The molecule has 5 aromatic rings. The van der Waals surface area contributed by atoms with Crippen molar-refractivity contribution in [1.29, 1.82) is 0 Å². The molecular formula is C27H24NO3P. The first-order chi connectivity index (χ1) is 15.8. The van der Waals surface area contributed by atoms with Gasteiger partial charge in [-0.3, -0.25) is 0 Å². The molecular weight excluding hydrogens is 417 g/mol. The fourth-order valence-corrected chi connectivity index (χ4v) is 7.18. The zero-order valence-corrected chi connectivity index (χ0v) is 18.6. The van der Waals surface area contributed by atoms with E-state index in [1.807, 2.05) is 0 Å². The summed E-state index contributed by atoms with van der Waals surface area (Å²) in [5, 5.41) is 7.11. The fraction of sp³-hybridized carbons (Fsp3) is 0.259. The van der Waals surface area contributed by atoms with E-state index in [1.165, 1.54) is 28.0 Å². The highest BCUT2D eigenvalue weighted by atomic mass is 31.1. The van der Waals surface area contributed by atoms with Crippen LogP contribution in [0.3, 0.4) is 0 Å². The minimum atomic E-state index is -1.25. The van der Waals surface area contributed by atoms with Crippen LogP contribution in [0.4, 0.5) is 0 Å². The lowest BCUT2D eigenvalue weighted by Gasteiger charge is -2.39. The molecule has 32 heavy (non-hydrogen) atoms. The molecule has 3 heterocycles. The van der Waals surface area contributed by atoms with E-state index in [4.69, 9.17) is 13.1 Å². The summed E-state index contributed by atoms with van der Waals surface area (Å²) in [5.74, 6) is 1.13. The van der Waals surface area contributed by atoms with Crippen molar-refractivity contribution >= 4 is 51.6 Å². The average Bonchev–Trinajstić information content (AvgIpc) is 3.01. The smallest absolute Gasteiger partial charge is 0.309 e. The van der Waals surface area contributed by atoms with Crippen molar-refractivity contribution in [2.75, 3.05) is 31.0 Å². The average molecular weight is 441 g/mol. The maximum absolute atomic E-state index is 6.73. The molecule has 2 saturated heterocycles. The Bertz CT molecular complexity index is 1420. The van der Waals surface area contributed by atoms with E-state index in [-0.39, 0.29) is 0 Å². The molecule has 5 heteroatoms. The maximum Gasteiger partial charge on any atom is 0.309 e. The van der Waals surface area contributed by atoms with Gasteiger partial charge in [0.25, 0.3) is 0 Å². The van der Waals surface area contributed by atoms with E-state index < -0.39 is 8.16 Å². The van der Waals surface area contributed by atoms with E-state index >= 15 is 0 Å². The fourth-order valence-electron chi connectivity index (χ4n) is 5.54. The molecule has 0 unspecified atom stereocenters. The third-order valence-electron chi connectivity index (χ3n) is 6.93. The number of benzene rings is 4. The normalized spacial score (nSPS) is 21.5. The van der Waals surface area contributed by atoms with Crippen LogP contribution in [0.15, 0.2) is 81.2 Å². The highest BCUT2D eigenvalue weighted by Crippen LogP contribution is 2.43. The lowest BCUT2D eigenvalue weighted by molar-refractivity contribution is 0.00763. The van der Waals surface area contributed by atoms with Crippen LogP contribution in [0.2, 0.25) is 0 Å². The third-order valence-corrected chi connectivity index (χ3v) is 8.42. The molecule has 2 atom stereocenters. The molecule has 160 valence electrons. The maximum atomic E-state index is 6.73. The summed E-state index contributed by atoms with van der Waals surface area (Å²) >= 11 is 0. The van der Waals surface area contributed by atoms with E-state index in [0.29, 0.717) is 11.8 Å². The quantitative estimate of drug-likeness (QED) is 0.276. The topological polar surface area (TPSA) is 38.8 Å². The molecule has 1 aromatic heterocycles. The Morgan fingerprint density at radius 3 is 1.75 bits per heavy atom.